The van der Waals surface area contributed by atoms with Crippen molar-refractivity contribution in [2.75, 3.05) is 0 Å². The summed E-state index contributed by atoms with van der Waals surface area (Å²) in [5.74, 6) is 0. The summed E-state index contributed by atoms with van der Waals surface area (Å²) in [5, 5.41) is 2.82. The fourth-order valence-electron chi connectivity index (χ4n) is 1.29. The second kappa shape index (κ2) is 4.01. The zero-order valence-corrected chi connectivity index (χ0v) is 12.2. The summed E-state index contributed by atoms with van der Waals surface area (Å²) in [7, 11) is 0. The van der Waals surface area contributed by atoms with E-state index in [2.05, 4.69) is 42.5 Å². The Kier molecular flexibility index (Phi) is 3.24. The molecule has 0 aliphatic carbocycles. The average molecular weight is 346 g/mol. The van der Waals surface area contributed by atoms with Gasteiger partial charge in [-0.1, -0.05) is 0 Å². The van der Waals surface area contributed by atoms with Crippen molar-refractivity contribution in [1.29, 1.82) is 0 Å². The molecule has 0 aliphatic rings. The molecular formula is C10H9HgO. The third-order valence-corrected chi connectivity index (χ3v) is 4.28. The third kappa shape index (κ3) is 1.67. The first-order valence-electron chi connectivity index (χ1n) is 3.67. The van der Waals surface area contributed by atoms with Crippen LogP contribution in [-0.2, 0) is 26.1 Å². The molecule has 0 spiro atoms. The van der Waals surface area contributed by atoms with E-state index in [4.69, 9.17) is 0 Å². The minimum atomic E-state index is 0. The number of fused-ring (bicyclic) bond motifs is 1. The van der Waals surface area contributed by atoms with Crippen molar-refractivity contribution in [1.82, 2.24) is 0 Å². The van der Waals surface area contributed by atoms with Crippen molar-refractivity contribution in [3.05, 3.63) is 42.5 Å². The van der Waals surface area contributed by atoms with Crippen LogP contribution in [0.2, 0.25) is 0 Å². The molecule has 0 saturated carbocycles. The quantitative estimate of drug-likeness (QED) is 0.642. The van der Waals surface area contributed by atoms with E-state index in [0.29, 0.717) is 0 Å². The first-order valence-corrected chi connectivity index (χ1v) is 6.42. The van der Waals surface area contributed by atoms with Crippen molar-refractivity contribution in [2.24, 2.45) is 0 Å². The monoisotopic (exact) mass is 347 g/mol. The van der Waals surface area contributed by atoms with Crippen LogP contribution in [0.3, 0.4) is 0 Å². The van der Waals surface area contributed by atoms with Crippen molar-refractivity contribution in [3.8, 4) is 0 Å². The van der Waals surface area contributed by atoms with Crippen LogP contribution in [0.25, 0.3) is 10.8 Å². The molecule has 1 nitrogen and oxygen atoms in total. The van der Waals surface area contributed by atoms with Gasteiger partial charge in [0, 0.05) is 0 Å². The van der Waals surface area contributed by atoms with Crippen LogP contribution in [0.4, 0.5) is 0 Å². The molecule has 0 bridgehead atoms. The Morgan fingerprint density at radius 1 is 0.833 bits per heavy atom. The predicted octanol–water partition coefficient (Wildman–Crippen LogP) is 1.19. The van der Waals surface area contributed by atoms with Gasteiger partial charge in [-0.25, -0.2) is 0 Å². The van der Waals surface area contributed by atoms with E-state index in [1.807, 2.05) is 0 Å². The second-order valence-corrected chi connectivity index (χ2v) is 5.60. The molecular weight excluding hydrogens is 337 g/mol. The van der Waals surface area contributed by atoms with Gasteiger partial charge in [-0.2, -0.15) is 0 Å². The SMILES string of the molecule is O.[Hg][c]1cccc2ccccc12. The molecule has 2 aromatic rings. The van der Waals surface area contributed by atoms with Crippen LogP contribution in [0.5, 0.6) is 0 Å². The summed E-state index contributed by atoms with van der Waals surface area (Å²) in [6, 6.07) is 15.1. The molecule has 0 atom stereocenters. The van der Waals surface area contributed by atoms with Gasteiger partial charge in [0.25, 0.3) is 0 Å². The van der Waals surface area contributed by atoms with Gasteiger partial charge < -0.3 is 5.48 Å². The topological polar surface area (TPSA) is 31.5 Å². The maximum absolute atomic E-state index is 2.23. The van der Waals surface area contributed by atoms with Gasteiger partial charge in [0.2, 0.25) is 0 Å². The normalized spacial score (nSPS) is 9.50. The predicted molar refractivity (Wildman–Crippen MR) is 47.2 cm³/mol. The van der Waals surface area contributed by atoms with Gasteiger partial charge in [-0.3, -0.25) is 0 Å². The van der Waals surface area contributed by atoms with Crippen molar-refractivity contribution in [3.63, 3.8) is 0 Å². The van der Waals surface area contributed by atoms with E-state index >= 15 is 0 Å². The molecule has 2 aromatic carbocycles. The minimum absolute atomic E-state index is 0. The molecule has 0 amide bonds. The van der Waals surface area contributed by atoms with E-state index in [1.165, 1.54) is 10.8 Å². The fourth-order valence-corrected chi connectivity index (χ4v) is 3.07. The Morgan fingerprint density at radius 3 is 2.25 bits per heavy atom. The first kappa shape index (κ1) is 9.68. The summed E-state index contributed by atoms with van der Waals surface area (Å²) in [5.41, 5.74) is 0. The maximum atomic E-state index is 2.23. The molecule has 2 N–H and O–H groups in total. The number of hydrogen-bond acceptors (Lipinski definition) is 0. The van der Waals surface area contributed by atoms with Crippen molar-refractivity contribution < 1.29 is 31.6 Å². The van der Waals surface area contributed by atoms with Crippen LogP contribution in [-0.4, -0.2) is 5.48 Å². The van der Waals surface area contributed by atoms with Gasteiger partial charge in [0.05, 0.1) is 0 Å². The molecule has 2 heteroatoms. The first-order chi connectivity index (χ1) is 5.38. The summed E-state index contributed by atoms with van der Waals surface area (Å²) >= 11 is 0.735. The van der Waals surface area contributed by atoms with Crippen LogP contribution in [0, 0.1) is 0 Å². The van der Waals surface area contributed by atoms with Gasteiger partial charge in [0.1, 0.15) is 0 Å². The zero-order chi connectivity index (χ0) is 7.68. The molecule has 2 rings (SSSR count). The van der Waals surface area contributed by atoms with Gasteiger partial charge in [-0.15, -0.1) is 0 Å². The fraction of sp³-hybridized carbons (Fsp3) is 0. The standard InChI is InChI=1S/C10H7.Hg.H2O/c1-2-6-10-8-4-3-7-9(10)5-1;;/h1-7H;;1H2. The second-order valence-electron chi connectivity index (χ2n) is 2.64. The number of benzene rings is 2. The van der Waals surface area contributed by atoms with Crippen LogP contribution < -0.4 is 3.07 Å². The van der Waals surface area contributed by atoms with E-state index in [-0.39, 0.29) is 5.48 Å². The average Bonchev–Trinajstić information content (AvgIpc) is 2.06. The number of rotatable bonds is 0. The summed E-state index contributed by atoms with van der Waals surface area (Å²) < 4.78 is 1.54. The summed E-state index contributed by atoms with van der Waals surface area (Å²) in [4.78, 5) is 0. The van der Waals surface area contributed by atoms with Gasteiger partial charge >= 0.3 is 82.4 Å². The Morgan fingerprint density at radius 2 is 1.50 bits per heavy atom. The zero-order valence-electron chi connectivity index (χ0n) is 6.75. The van der Waals surface area contributed by atoms with Crippen LogP contribution >= 0.6 is 0 Å². The molecule has 12 heavy (non-hydrogen) atoms. The van der Waals surface area contributed by atoms with E-state index in [1.54, 1.807) is 3.07 Å². The molecule has 0 fully saturated rings. The third-order valence-electron chi connectivity index (χ3n) is 1.88. The Labute approximate surface area is 87.7 Å². The van der Waals surface area contributed by atoms with Crippen molar-refractivity contribution in [2.45, 2.75) is 0 Å². The van der Waals surface area contributed by atoms with E-state index in [9.17, 15) is 0 Å². The van der Waals surface area contributed by atoms with Gasteiger partial charge in [0.15, 0.2) is 0 Å². The van der Waals surface area contributed by atoms with Crippen molar-refractivity contribution >= 4 is 13.8 Å². The molecule has 0 radical (unpaired) electrons. The van der Waals surface area contributed by atoms with E-state index in [0.717, 1.165) is 26.1 Å². The van der Waals surface area contributed by atoms with Crippen LogP contribution in [0.15, 0.2) is 42.5 Å². The Hall–Kier alpha value is -0.405. The molecule has 0 unspecified atom stereocenters. The summed E-state index contributed by atoms with van der Waals surface area (Å²) in [6.07, 6.45) is 0. The molecule has 0 aromatic heterocycles. The molecule has 57 valence electrons. The Bertz CT molecular complexity index is 379. The van der Waals surface area contributed by atoms with Gasteiger partial charge in [-0.05, 0) is 0 Å². The molecule has 0 heterocycles. The molecule has 0 saturated heterocycles. The van der Waals surface area contributed by atoms with E-state index < -0.39 is 0 Å². The number of hydrogen-bond donors (Lipinski definition) is 0. The Balaban J connectivity index is 0.000000720. The van der Waals surface area contributed by atoms with Crippen LogP contribution in [0.1, 0.15) is 0 Å². The molecule has 0 aliphatic heterocycles. The summed E-state index contributed by atoms with van der Waals surface area (Å²) in [6.45, 7) is 0.